The van der Waals surface area contributed by atoms with E-state index in [0.29, 0.717) is 25.9 Å². The van der Waals surface area contributed by atoms with Gasteiger partial charge in [0, 0.05) is 17.7 Å². The molecule has 29 heavy (non-hydrogen) atoms. The fourth-order valence-corrected chi connectivity index (χ4v) is 5.16. The first-order valence-electron chi connectivity index (χ1n) is 8.67. The van der Waals surface area contributed by atoms with Gasteiger partial charge in [-0.25, -0.2) is 4.79 Å². The minimum atomic E-state index is -0.503. The van der Waals surface area contributed by atoms with Crippen LogP contribution < -0.4 is 10.0 Å². The number of anilines is 1. The zero-order valence-corrected chi connectivity index (χ0v) is 18.6. The summed E-state index contributed by atoms with van der Waals surface area (Å²) in [6, 6.07) is 14.4. The van der Waals surface area contributed by atoms with Crippen LogP contribution in [0.15, 0.2) is 63.5 Å². The lowest BCUT2D eigenvalue weighted by atomic mass is 10.0. The molecule has 0 bridgehead atoms. The van der Waals surface area contributed by atoms with E-state index in [1.807, 2.05) is 30.3 Å². The number of rotatable bonds is 7. The van der Waals surface area contributed by atoms with Gasteiger partial charge in [0.25, 0.3) is 5.03 Å². The average molecular weight is 493 g/mol. The van der Waals surface area contributed by atoms with E-state index in [-0.39, 0.29) is 18.3 Å². The number of thiophene rings is 1. The third kappa shape index (κ3) is 5.17. The molecule has 2 heterocycles. The Balaban J connectivity index is 1.85. The molecule has 3 rings (SSSR count). The summed E-state index contributed by atoms with van der Waals surface area (Å²) in [6.45, 7) is 1.95. The van der Waals surface area contributed by atoms with Gasteiger partial charge < -0.3 is 15.3 Å². The van der Waals surface area contributed by atoms with E-state index in [1.54, 1.807) is 25.1 Å². The highest BCUT2D eigenvalue weighted by Gasteiger charge is 2.26. The largest absolute Gasteiger partial charge is 0.618 e. The number of amides is 1. The molecule has 1 N–H and O–H groups in total. The van der Waals surface area contributed by atoms with Crippen molar-refractivity contribution in [2.45, 2.75) is 11.9 Å². The van der Waals surface area contributed by atoms with Gasteiger partial charge in [-0.1, -0.05) is 30.3 Å². The quantitative estimate of drug-likeness (QED) is 0.223. The molecule has 0 fully saturated rings. The van der Waals surface area contributed by atoms with Crippen molar-refractivity contribution in [2.75, 3.05) is 17.7 Å². The maximum atomic E-state index is 12.6. The van der Waals surface area contributed by atoms with E-state index in [4.69, 9.17) is 4.74 Å². The van der Waals surface area contributed by atoms with Gasteiger partial charge in [-0.05, 0) is 46.2 Å². The van der Waals surface area contributed by atoms with Crippen LogP contribution in [0.2, 0.25) is 0 Å². The molecule has 1 aromatic carbocycles. The van der Waals surface area contributed by atoms with Gasteiger partial charge in [0.2, 0.25) is 5.91 Å². The van der Waals surface area contributed by atoms with Crippen molar-refractivity contribution in [3.63, 3.8) is 0 Å². The summed E-state index contributed by atoms with van der Waals surface area (Å²) >= 11 is 5.88. The van der Waals surface area contributed by atoms with Crippen molar-refractivity contribution in [3.8, 4) is 11.1 Å². The molecule has 3 aromatic rings. The van der Waals surface area contributed by atoms with Crippen LogP contribution in [0.1, 0.15) is 17.3 Å². The molecule has 0 aliphatic rings. The van der Waals surface area contributed by atoms with E-state index in [2.05, 4.69) is 21.2 Å². The predicted octanol–water partition coefficient (Wildman–Crippen LogP) is 4.72. The van der Waals surface area contributed by atoms with Gasteiger partial charge >= 0.3 is 5.97 Å². The van der Waals surface area contributed by atoms with Gasteiger partial charge in [-0.2, -0.15) is 4.73 Å². The Kier molecular flexibility index (Phi) is 7.29. The first-order chi connectivity index (χ1) is 14.0. The second-order valence-corrected chi connectivity index (χ2v) is 9.08. The van der Waals surface area contributed by atoms with Gasteiger partial charge in [0.15, 0.2) is 6.20 Å². The summed E-state index contributed by atoms with van der Waals surface area (Å²) < 4.78 is 6.64. The number of esters is 1. The van der Waals surface area contributed by atoms with Crippen LogP contribution in [0.25, 0.3) is 11.1 Å². The highest BCUT2D eigenvalue weighted by atomic mass is 79.9. The molecule has 0 saturated heterocycles. The molecule has 0 radical (unpaired) electrons. The van der Waals surface area contributed by atoms with Gasteiger partial charge in [-0.15, -0.1) is 11.3 Å². The van der Waals surface area contributed by atoms with E-state index in [1.165, 1.54) is 17.5 Å². The molecule has 0 aliphatic carbocycles. The molecule has 150 valence electrons. The molecule has 6 nitrogen and oxygen atoms in total. The SMILES string of the molecule is CCOC(=O)c1c(NC(=O)CSc2cccc[n+]2[O-])sc(Br)c1-c1ccccc1. The van der Waals surface area contributed by atoms with Crippen LogP contribution in [-0.2, 0) is 9.53 Å². The molecule has 0 atom stereocenters. The fraction of sp³-hybridized carbons (Fsp3) is 0.150. The highest BCUT2D eigenvalue weighted by molar-refractivity contribution is 9.11. The fourth-order valence-electron chi connectivity index (χ4n) is 2.58. The van der Waals surface area contributed by atoms with E-state index in [0.717, 1.165) is 21.1 Å². The van der Waals surface area contributed by atoms with Crippen molar-refractivity contribution in [2.24, 2.45) is 0 Å². The summed E-state index contributed by atoms with van der Waals surface area (Å²) in [5, 5.41) is 15.3. The lowest BCUT2D eigenvalue weighted by Gasteiger charge is -2.09. The molecule has 2 aromatic heterocycles. The van der Waals surface area contributed by atoms with Crippen LogP contribution in [0, 0.1) is 5.21 Å². The van der Waals surface area contributed by atoms with Crippen LogP contribution in [0.3, 0.4) is 0 Å². The number of thioether (sulfide) groups is 1. The van der Waals surface area contributed by atoms with E-state index >= 15 is 0 Å². The minimum absolute atomic E-state index is 0.0324. The molecular weight excluding hydrogens is 476 g/mol. The summed E-state index contributed by atoms with van der Waals surface area (Å²) in [5.41, 5.74) is 1.83. The monoisotopic (exact) mass is 492 g/mol. The summed E-state index contributed by atoms with van der Waals surface area (Å²) in [5.74, 6) is -0.792. The van der Waals surface area contributed by atoms with Crippen LogP contribution in [-0.4, -0.2) is 24.2 Å². The van der Waals surface area contributed by atoms with Crippen molar-refractivity contribution in [1.29, 1.82) is 0 Å². The molecule has 0 saturated carbocycles. The Hall–Kier alpha value is -2.36. The van der Waals surface area contributed by atoms with Crippen molar-refractivity contribution in [3.05, 3.63) is 69.3 Å². The normalized spacial score (nSPS) is 10.6. The van der Waals surface area contributed by atoms with Crippen molar-refractivity contribution in [1.82, 2.24) is 0 Å². The standard InChI is InChI=1S/C20H17BrN2O4S2/c1-2-27-20(25)17-16(13-8-4-3-5-9-13)18(21)29-19(17)22-14(24)12-28-15-10-6-7-11-23(15)26/h3-11H,2,12H2,1H3,(H,22,24). The van der Waals surface area contributed by atoms with Crippen molar-refractivity contribution >= 4 is 55.9 Å². The van der Waals surface area contributed by atoms with Gasteiger partial charge in [0.1, 0.15) is 10.6 Å². The number of halogens is 1. The van der Waals surface area contributed by atoms with Gasteiger partial charge in [0.05, 0.1) is 16.1 Å². The number of nitrogens with one attached hydrogen (secondary N) is 1. The third-order valence-corrected chi connectivity index (χ3v) is 6.59. The van der Waals surface area contributed by atoms with Gasteiger partial charge in [-0.3, -0.25) is 4.79 Å². The Labute approximate surface area is 184 Å². The number of aromatic nitrogens is 1. The highest BCUT2D eigenvalue weighted by Crippen LogP contribution is 2.44. The zero-order chi connectivity index (χ0) is 20.8. The maximum absolute atomic E-state index is 12.6. The number of hydrogen-bond acceptors (Lipinski definition) is 6. The second-order valence-electron chi connectivity index (χ2n) is 5.74. The average Bonchev–Trinajstić information content (AvgIpc) is 3.04. The topological polar surface area (TPSA) is 82.3 Å². The maximum Gasteiger partial charge on any atom is 0.341 e. The van der Waals surface area contributed by atoms with E-state index in [9.17, 15) is 14.8 Å². The lowest BCUT2D eigenvalue weighted by molar-refractivity contribution is -0.645. The molecule has 0 unspecified atom stereocenters. The number of carbonyl (C=O) groups is 2. The Bertz CT molecular complexity index is 1020. The first kappa shape index (κ1) is 21.4. The van der Waals surface area contributed by atoms with Crippen LogP contribution in [0.5, 0.6) is 0 Å². The lowest BCUT2D eigenvalue weighted by Crippen LogP contribution is -2.28. The molecule has 9 heteroatoms. The number of hydrogen-bond donors (Lipinski definition) is 1. The summed E-state index contributed by atoms with van der Waals surface area (Å²) in [7, 11) is 0. The first-order valence-corrected chi connectivity index (χ1v) is 11.3. The minimum Gasteiger partial charge on any atom is -0.618 e. The Morgan fingerprint density at radius 2 is 1.93 bits per heavy atom. The van der Waals surface area contributed by atoms with Crippen molar-refractivity contribution < 1.29 is 19.1 Å². The zero-order valence-electron chi connectivity index (χ0n) is 15.4. The number of carbonyl (C=O) groups excluding carboxylic acids is 2. The summed E-state index contributed by atoms with van der Waals surface area (Å²) in [6.07, 6.45) is 1.38. The summed E-state index contributed by atoms with van der Waals surface area (Å²) in [4.78, 5) is 25.1. The number of nitrogens with zero attached hydrogens (tertiary/aromatic N) is 1. The Morgan fingerprint density at radius 3 is 2.62 bits per heavy atom. The predicted molar refractivity (Wildman–Crippen MR) is 118 cm³/mol. The third-order valence-electron chi connectivity index (χ3n) is 3.80. The van der Waals surface area contributed by atoms with Crippen LogP contribution >= 0.6 is 39.0 Å². The van der Waals surface area contributed by atoms with Crippen LogP contribution in [0.4, 0.5) is 5.00 Å². The molecule has 1 amide bonds. The Morgan fingerprint density at radius 1 is 1.21 bits per heavy atom. The second kappa shape index (κ2) is 9.91. The molecule has 0 aliphatic heterocycles. The number of benzene rings is 1. The smallest absolute Gasteiger partial charge is 0.341 e. The molecular formula is C20H17BrN2O4S2. The van der Waals surface area contributed by atoms with E-state index < -0.39 is 5.97 Å². The number of ether oxygens (including phenoxy) is 1. The molecule has 0 spiro atoms. The number of pyridine rings is 1.